The van der Waals surface area contributed by atoms with E-state index in [0.717, 1.165) is 11.6 Å². The SMILES string of the molecule is Nc1ccc(CC2CCSCC2)cc1. The van der Waals surface area contributed by atoms with Gasteiger partial charge in [0.15, 0.2) is 0 Å². The molecule has 0 bridgehead atoms. The van der Waals surface area contributed by atoms with E-state index in [0.29, 0.717) is 0 Å². The second kappa shape index (κ2) is 4.74. The van der Waals surface area contributed by atoms with Crippen molar-refractivity contribution in [1.29, 1.82) is 0 Å². The van der Waals surface area contributed by atoms with Gasteiger partial charge in [-0.05, 0) is 54.4 Å². The average molecular weight is 207 g/mol. The summed E-state index contributed by atoms with van der Waals surface area (Å²) in [5.41, 5.74) is 7.97. The van der Waals surface area contributed by atoms with Crippen molar-refractivity contribution in [1.82, 2.24) is 0 Å². The third kappa shape index (κ3) is 2.68. The van der Waals surface area contributed by atoms with Gasteiger partial charge in [0.1, 0.15) is 0 Å². The zero-order valence-corrected chi connectivity index (χ0v) is 9.22. The van der Waals surface area contributed by atoms with E-state index in [2.05, 4.69) is 23.9 Å². The molecule has 0 spiro atoms. The lowest BCUT2D eigenvalue weighted by Crippen LogP contribution is -2.12. The summed E-state index contributed by atoms with van der Waals surface area (Å²) in [6.45, 7) is 0. The van der Waals surface area contributed by atoms with Gasteiger partial charge in [-0.3, -0.25) is 0 Å². The molecule has 0 radical (unpaired) electrons. The third-order valence-electron chi connectivity index (χ3n) is 2.84. The molecule has 1 fully saturated rings. The van der Waals surface area contributed by atoms with Gasteiger partial charge in [0, 0.05) is 5.69 Å². The maximum absolute atomic E-state index is 5.66. The highest BCUT2D eigenvalue weighted by atomic mass is 32.2. The summed E-state index contributed by atoms with van der Waals surface area (Å²) in [5.74, 6) is 3.60. The standard InChI is InChI=1S/C12H17NS/c13-12-3-1-10(2-4-12)9-11-5-7-14-8-6-11/h1-4,11H,5-9,13H2. The Morgan fingerprint density at radius 2 is 1.79 bits per heavy atom. The Kier molecular flexibility index (Phi) is 3.35. The zero-order chi connectivity index (χ0) is 9.80. The molecule has 0 aromatic heterocycles. The number of anilines is 1. The van der Waals surface area contributed by atoms with Gasteiger partial charge in [-0.2, -0.15) is 11.8 Å². The van der Waals surface area contributed by atoms with E-state index in [1.807, 2.05) is 12.1 Å². The van der Waals surface area contributed by atoms with Crippen LogP contribution in [0.15, 0.2) is 24.3 Å². The van der Waals surface area contributed by atoms with Crippen molar-refractivity contribution >= 4 is 17.4 Å². The Bertz CT molecular complexity index is 275. The summed E-state index contributed by atoms with van der Waals surface area (Å²) in [5, 5.41) is 0. The fourth-order valence-corrected chi connectivity index (χ4v) is 3.14. The van der Waals surface area contributed by atoms with Crippen LogP contribution in [0.2, 0.25) is 0 Å². The molecule has 0 saturated carbocycles. The van der Waals surface area contributed by atoms with Crippen molar-refractivity contribution in [3.63, 3.8) is 0 Å². The van der Waals surface area contributed by atoms with Crippen LogP contribution in [0, 0.1) is 5.92 Å². The fraction of sp³-hybridized carbons (Fsp3) is 0.500. The highest BCUT2D eigenvalue weighted by Crippen LogP contribution is 2.25. The first-order valence-electron chi connectivity index (χ1n) is 5.27. The predicted octanol–water partition coefficient (Wildman–Crippen LogP) is 2.95. The van der Waals surface area contributed by atoms with Crippen LogP contribution in [0.1, 0.15) is 18.4 Å². The number of hydrogen-bond acceptors (Lipinski definition) is 2. The fourth-order valence-electron chi connectivity index (χ4n) is 1.94. The zero-order valence-electron chi connectivity index (χ0n) is 8.41. The Balaban J connectivity index is 1.92. The molecule has 1 nitrogen and oxygen atoms in total. The van der Waals surface area contributed by atoms with E-state index in [4.69, 9.17) is 5.73 Å². The average Bonchev–Trinajstić information content (AvgIpc) is 2.23. The van der Waals surface area contributed by atoms with Crippen LogP contribution in [0.4, 0.5) is 5.69 Å². The number of hydrogen-bond donors (Lipinski definition) is 1. The van der Waals surface area contributed by atoms with E-state index < -0.39 is 0 Å². The first-order chi connectivity index (χ1) is 6.84. The van der Waals surface area contributed by atoms with Crippen LogP contribution in [0.5, 0.6) is 0 Å². The first-order valence-corrected chi connectivity index (χ1v) is 6.42. The van der Waals surface area contributed by atoms with Gasteiger partial charge < -0.3 is 5.73 Å². The largest absolute Gasteiger partial charge is 0.399 e. The number of benzene rings is 1. The van der Waals surface area contributed by atoms with Gasteiger partial charge >= 0.3 is 0 Å². The minimum absolute atomic E-state index is 0.868. The third-order valence-corrected chi connectivity index (χ3v) is 3.89. The smallest absolute Gasteiger partial charge is 0.0314 e. The van der Waals surface area contributed by atoms with Gasteiger partial charge in [0.25, 0.3) is 0 Å². The Hall–Kier alpha value is -0.630. The summed E-state index contributed by atoms with van der Waals surface area (Å²) in [4.78, 5) is 0. The van der Waals surface area contributed by atoms with E-state index in [9.17, 15) is 0 Å². The van der Waals surface area contributed by atoms with Gasteiger partial charge in [-0.15, -0.1) is 0 Å². The molecule has 1 aromatic rings. The van der Waals surface area contributed by atoms with Crippen molar-refractivity contribution in [3.8, 4) is 0 Å². The maximum Gasteiger partial charge on any atom is 0.0314 e. The van der Waals surface area contributed by atoms with Gasteiger partial charge in [-0.1, -0.05) is 12.1 Å². The highest BCUT2D eigenvalue weighted by molar-refractivity contribution is 7.99. The van der Waals surface area contributed by atoms with Crippen LogP contribution < -0.4 is 5.73 Å². The van der Waals surface area contributed by atoms with Crippen molar-refractivity contribution in [2.45, 2.75) is 19.3 Å². The summed E-state index contributed by atoms with van der Waals surface area (Å²) in [6, 6.07) is 8.34. The molecule has 1 aliphatic rings. The number of thioether (sulfide) groups is 1. The van der Waals surface area contributed by atoms with Crippen molar-refractivity contribution in [2.24, 2.45) is 5.92 Å². The Morgan fingerprint density at radius 1 is 1.14 bits per heavy atom. The van der Waals surface area contributed by atoms with Crippen LogP contribution in [0.25, 0.3) is 0 Å². The molecule has 2 heteroatoms. The summed E-state index contributed by atoms with van der Waals surface area (Å²) in [7, 11) is 0. The van der Waals surface area contributed by atoms with E-state index in [-0.39, 0.29) is 0 Å². The van der Waals surface area contributed by atoms with Gasteiger partial charge in [0.05, 0.1) is 0 Å². The first kappa shape index (κ1) is 9.91. The Labute approximate surface area is 90.1 Å². The number of nitrogen functional groups attached to an aromatic ring is 1. The lowest BCUT2D eigenvalue weighted by Gasteiger charge is -2.21. The minimum atomic E-state index is 0.868. The van der Waals surface area contributed by atoms with Gasteiger partial charge in [0.2, 0.25) is 0 Å². The molecular weight excluding hydrogens is 190 g/mol. The maximum atomic E-state index is 5.66. The number of nitrogens with two attached hydrogens (primary N) is 1. The molecule has 14 heavy (non-hydrogen) atoms. The molecule has 0 aliphatic carbocycles. The van der Waals surface area contributed by atoms with Crippen molar-refractivity contribution < 1.29 is 0 Å². The summed E-state index contributed by atoms with van der Waals surface area (Å²) in [6.07, 6.45) is 4.00. The Morgan fingerprint density at radius 3 is 2.43 bits per heavy atom. The van der Waals surface area contributed by atoms with Crippen molar-refractivity contribution in [2.75, 3.05) is 17.2 Å². The minimum Gasteiger partial charge on any atom is -0.399 e. The predicted molar refractivity (Wildman–Crippen MR) is 64.6 cm³/mol. The molecule has 0 unspecified atom stereocenters. The number of rotatable bonds is 2. The summed E-state index contributed by atoms with van der Waals surface area (Å²) >= 11 is 2.09. The van der Waals surface area contributed by atoms with Crippen LogP contribution in [-0.2, 0) is 6.42 Å². The van der Waals surface area contributed by atoms with Crippen LogP contribution in [-0.4, -0.2) is 11.5 Å². The van der Waals surface area contributed by atoms with E-state index >= 15 is 0 Å². The van der Waals surface area contributed by atoms with E-state index in [1.54, 1.807) is 0 Å². The molecule has 1 saturated heterocycles. The molecule has 2 rings (SSSR count). The molecule has 2 N–H and O–H groups in total. The molecule has 1 aliphatic heterocycles. The molecule has 1 aromatic carbocycles. The highest BCUT2D eigenvalue weighted by Gasteiger charge is 2.13. The lowest BCUT2D eigenvalue weighted by atomic mass is 9.94. The normalized spacial score (nSPS) is 18.3. The monoisotopic (exact) mass is 207 g/mol. The van der Waals surface area contributed by atoms with Crippen molar-refractivity contribution in [3.05, 3.63) is 29.8 Å². The topological polar surface area (TPSA) is 26.0 Å². The molecular formula is C12H17NS. The van der Waals surface area contributed by atoms with Gasteiger partial charge in [-0.25, -0.2) is 0 Å². The summed E-state index contributed by atoms with van der Waals surface area (Å²) < 4.78 is 0. The molecule has 1 heterocycles. The van der Waals surface area contributed by atoms with E-state index in [1.165, 1.54) is 36.3 Å². The molecule has 0 amide bonds. The second-order valence-corrected chi connectivity index (χ2v) is 5.23. The lowest BCUT2D eigenvalue weighted by molar-refractivity contribution is 0.488. The molecule has 76 valence electrons. The van der Waals surface area contributed by atoms with Crippen LogP contribution >= 0.6 is 11.8 Å². The van der Waals surface area contributed by atoms with Crippen LogP contribution in [0.3, 0.4) is 0 Å². The quantitative estimate of drug-likeness (QED) is 0.755. The second-order valence-electron chi connectivity index (χ2n) is 4.00. The molecule has 0 atom stereocenters.